The summed E-state index contributed by atoms with van der Waals surface area (Å²) in [6, 6.07) is 15.4. The highest BCUT2D eigenvalue weighted by Gasteiger charge is 2.43. The molecule has 1 heterocycles. The molecule has 4 rings (SSSR count). The van der Waals surface area contributed by atoms with E-state index in [2.05, 4.69) is 19.2 Å². The number of methoxy groups -OCH3 is 2. The van der Waals surface area contributed by atoms with Crippen LogP contribution < -0.4 is 14.8 Å². The van der Waals surface area contributed by atoms with Crippen molar-refractivity contribution in [3.05, 3.63) is 82.2 Å². The number of rotatable bonds is 6. The zero-order chi connectivity index (χ0) is 24.5. The van der Waals surface area contributed by atoms with E-state index in [4.69, 9.17) is 14.2 Å². The van der Waals surface area contributed by atoms with Crippen LogP contribution in [0.1, 0.15) is 50.7 Å². The van der Waals surface area contributed by atoms with Gasteiger partial charge in [0.15, 0.2) is 5.78 Å². The van der Waals surface area contributed by atoms with Crippen LogP contribution in [0.15, 0.2) is 71.1 Å². The standard InChI is InChI=1S/C28H31NO5/c1-17-24(27(31)33-5)25(26-21(29-17)14-28(2,3)15-22(26)30)20-12-11-19(13-23(20)32-4)34-16-18-9-7-6-8-10-18/h6-13,25,29H,14-16H2,1-5H3/t25-/m0/s1. The summed E-state index contributed by atoms with van der Waals surface area (Å²) in [6.07, 6.45) is 1.13. The molecule has 0 bridgehead atoms. The van der Waals surface area contributed by atoms with Gasteiger partial charge >= 0.3 is 5.97 Å². The molecule has 1 atom stereocenters. The van der Waals surface area contributed by atoms with E-state index < -0.39 is 11.9 Å². The number of carbonyl (C=O) groups is 2. The monoisotopic (exact) mass is 461 g/mol. The van der Waals surface area contributed by atoms with Gasteiger partial charge in [0.05, 0.1) is 25.7 Å². The predicted octanol–water partition coefficient (Wildman–Crippen LogP) is 5.05. The molecule has 0 amide bonds. The van der Waals surface area contributed by atoms with Gasteiger partial charge in [-0.1, -0.05) is 50.2 Å². The average molecular weight is 462 g/mol. The first kappa shape index (κ1) is 23.6. The van der Waals surface area contributed by atoms with Crippen LogP contribution in [0.25, 0.3) is 0 Å². The van der Waals surface area contributed by atoms with Gasteiger partial charge in [0, 0.05) is 35.0 Å². The quantitative estimate of drug-likeness (QED) is 0.607. The van der Waals surface area contributed by atoms with E-state index in [0.29, 0.717) is 41.4 Å². The molecule has 2 aromatic carbocycles. The van der Waals surface area contributed by atoms with E-state index in [-0.39, 0.29) is 11.2 Å². The summed E-state index contributed by atoms with van der Waals surface area (Å²) < 4.78 is 16.8. The molecule has 1 aliphatic carbocycles. The van der Waals surface area contributed by atoms with E-state index in [1.807, 2.05) is 55.5 Å². The summed E-state index contributed by atoms with van der Waals surface area (Å²) in [5.41, 5.74) is 4.22. The molecule has 1 aliphatic heterocycles. The highest BCUT2D eigenvalue weighted by atomic mass is 16.5. The number of nitrogens with one attached hydrogen (secondary N) is 1. The zero-order valence-electron chi connectivity index (χ0n) is 20.4. The number of carbonyl (C=O) groups excluding carboxylic acids is 2. The van der Waals surface area contributed by atoms with Crippen LogP contribution in [0, 0.1) is 5.41 Å². The lowest BCUT2D eigenvalue weighted by atomic mass is 9.68. The average Bonchev–Trinajstić information content (AvgIpc) is 2.81. The van der Waals surface area contributed by atoms with Crippen LogP contribution in [-0.4, -0.2) is 26.0 Å². The van der Waals surface area contributed by atoms with Crippen LogP contribution in [0.3, 0.4) is 0 Å². The zero-order valence-corrected chi connectivity index (χ0v) is 20.4. The Morgan fingerprint density at radius 2 is 1.82 bits per heavy atom. The third kappa shape index (κ3) is 4.58. The number of hydrogen-bond donors (Lipinski definition) is 1. The molecule has 2 aromatic rings. The summed E-state index contributed by atoms with van der Waals surface area (Å²) in [6.45, 7) is 6.43. The van der Waals surface area contributed by atoms with Gasteiger partial charge in [-0.05, 0) is 30.4 Å². The van der Waals surface area contributed by atoms with Crippen molar-refractivity contribution >= 4 is 11.8 Å². The number of hydrogen-bond acceptors (Lipinski definition) is 6. The lowest BCUT2D eigenvalue weighted by Gasteiger charge is -2.39. The maximum Gasteiger partial charge on any atom is 0.336 e. The van der Waals surface area contributed by atoms with Crippen molar-refractivity contribution in [2.75, 3.05) is 14.2 Å². The molecule has 0 unspecified atom stereocenters. The highest BCUT2D eigenvalue weighted by Crippen LogP contribution is 2.49. The molecule has 0 spiro atoms. The number of dihydropyridines is 1. The molecule has 34 heavy (non-hydrogen) atoms. The van der Waals surface area contributed by atoms with Crippen molar-refractivity contribution in [2.45, 2.75) is 46.1 Å². The summed E-state index contributed by atoms with van der Waals surface area (Å²) >= 11 is 0. The maximum atomic E-state index is 13.4. The fourth-order valence-electron chi connectivity index (χ4n) is 4.89. The lowest BCUT2D eigenvalue weighted by molar-refractivity contribution is -0.136. The molecule has 1 N–H and O–H groups in total. The second-order valence-electron chi connectivity index (χ2n) is 9.60. The van der Waals surface area contributed by atoms with Crippen LogP contribution in [0.4, 0.5) is 0 Å². The summed E-state index contributed by atoms with van der Waals surface area (Å²) in [7, 11) is 2.93. The first-order valence-electron chi connectivity index (χ1n) is 11.4. The van der Waals surface area contributed by atoms with Gasteiger partial charge in [-0.3, -0.25) is 4.79 Å². The van der Waals surface area contributed by atoms with Crippen LogP contribution in [-0.2, 0) is 20.9 Å². The summed E-state index contributed by atoms with van der Waals surface area (Å²) in [5, 5.41) is 3.33. The largest absolute Gasteiger partial charge is 0.496 e. The minimum Gasteiger partial charge on any atom is -0.496 e. The van der Waals surface area contributed by atoms with Crippen molar-refractivity contribution < 1.29 is 23.8 Å². The Balaban J connectivity index is 1.76. The Hall–Kier alpha value is -3.54. The number of ketones is 1. The van der Waals surface area contributed by atoms with Crippen LogP contribution in [0.2, 0.25) is 0 Å². The number of benzene rings is 2. The smallest absolute Gasteiger partial charge is 0.336 e. The van der Waals surface area contributed by atoms with Crippen molar-refractivity contribution in [3.63, 3.8) is 0 Å². The minimum atomic E-state index is -0.578. The number of Topliss-reactive ketones (excluding diaryl/α,β-unsaturated/α-hetero) is 1. The van der Waals surface area contributed by atoms with Gasteiger partial charge in [-0.2, -0.15) is 0 Å². The van der Waals surface area contributed by atoms with Crippen molar-refractivity contribution in [1.82, 2.24) is 5.32 Å². The van der Waals surface area contributed by atoms with E-state index in [1.54, 1.807) is 7.11 Å². The lowest BCUT2D eigenvalue weighted by Crippen LogP contribution is -2.38. The van der Waals surface area contributed by atoms with E-state index in [1.165, 1.54) is 7.11 Å². The molecule has 2 aliphatic rings. The van der Waals surface area contributed by atoms with Gasteiger partial charge in [0.1, 0.15) is 18.1 Å². The van der Waals surface area contributed by atoms with Crippen LogP contribution >= 0.6 is 0 Å². The third-order valence-electron chi connectivity index (χ3n) is 6.41. The molecule has 0 saturated heterocycles. The van der Waals surface area contributed by atoms with Crippen molar-refractivity contribution in [3.8, 4) is 11.5 Å². The maximum absolute atomic E-state index is 13.4. The molecular weight excluding hydrogens is 430 g/mol. The normalized spacial score (nSPS) is 19.3. The van der Waals surface area contributed by atoms with E-state index in [9.17, 15) is 9.59 Å². The predicted molar refractivity (Wildman–Crippen MR) is 129 cm³/mol. The Morgan fingerprint density at radius 3 is 2.50 bits per heavy atom. The molecule has 0 aromatic heterocycles. The Labute approximate surface area is 200 Å². The first-order valence-corrected chi connectivity index (χ1v) is 11.4. The highest BCUT2D eigenvalue weighted by molar-refractivity contribution is 6.04. The third-order valence-corrected chi connectivity index (χ3v) is 6.41. The van der Waals surface area contributed by atoms with Gasteiger partial charge in [-0.15, -0.1) is 0 Å². The van der Waals surface area contributed by atoms with Gasteiger partial charge in [0.25, 0.3) is 0 Å². The topological polar surface area (TPSA) is 73.9 Å². The second kappa shape index (κ2) is 9.37. The fraction of sp³-hybridized carbons (Fsp3) is 0.357. The fourth-order valence-corrected chi connectivity index (χ4v) is 4.89. The molecule has 0 fully saturated rings. The van der Waals surface area contributed by atoms with Gasteiger partial charge in [0.2, 0.25) is 0 Å². The Morgan fingerprint density at radius 1 is 1.09 bits per heavy atom. The van der Waals surface area contributed by atoms with E-state index >= 15 is 0 Å². The van der Waals surface area contributed by atoms with Crippen LogP contribution in [0.5, 0.6) is 11.5 Å². The van der Waals surface area contributed by atoms with Crippen molar-refractivity contribution in [1.29, 1.82) is 0 Å². The van der Waals surface area contributed by atoms with Crippen molar-refractivity contribution in [2.24, 2.45) is 5.41 Å². The molecule has 0 saturated carbocycles. The van der Waals surface area contributed by atoms with Gasteiger partial charge < -0.3 is 19.5 Å². The number of esters is 1. The Bertz CT molecular complexity index is 1180. The minimum absolute atomic E-state index is 0.0316. The molecule has 0 radical (unpaired) electrons. The molecule has 178 valence electrons. The summed E-state index contributed by atoms with van der Waals surface area (Å²) in [5.74, 6) is 0.181. The van der Waals surface area contributed by atoms with E-state index in [0.717, 1.165) is 23.2 Å². The second-order valence-corrected chi connectivity index (χ2v) is 9.60. The first-order chi connectivity index (χ1) is 16.2. The summed E-state index contributed by atoms with van der Waals surface area (Å²) in [4.78, 5) is 26.3. The SMILES string of the molecule is COC(=O)C1=C(C)NC2=C(C(=O)CC(C)(C)C2)[C@H]1c1ccc(OCc2ccccc2)cc1OC. The van der Waals surface area contributed by atoms with Gasteiger partial charge in [-0.25, -0.2) is 4.79 Å². The number of ether oxygens (including phenoxy) is 3. The molecule has 6 heteroatoms. The number of allylic oxidation sites excluding steroid dienone is 3. The molecular formula is C28H31NO5. The molecule has 6 nitrogen and oxygen atoms in total. The Kier molecular flexibility index (Phi) is 6.51.